The molecule has 0 saturated heterocycles. The van der Waals surface area contributed by atoms with Gasteiger partial charge in [0.05, 0.1) is 4.92 Å². The van der Waals surface area contributed by atoms with Crippen LogP contribution in [0.5, 0.6) is 0 Å². The van der Waals surface area contributed by atoms with Gasteiger partial charge >= 0.3 is 17.1 Å². The van der Waals surface area contributed by atoms with Gasteiger partial charge in [-0.1, -0.05) is 6.08 Å². The molecule has 0 saturated carbocycles. The number of nitro benzene ring substituents is 1. The second-order valence-corrected chi connectivity index (χ2v) is 4.48. The van der Waals surface area contributed by atoms with Crippen LogP contribution in [-0.2, 0) is 17.1 Å². The average Bonchev–Trinajstić information content (AvgIpc) is 3.24. The number of benzene rings is 1. The maximum absolute atomic E-state index is 10.5. The van der Waals surface area contributed by atoms with E-state index >= 15 is 0 Å². The van der Waals surface area contributed by atoms with E-state index in [4.69, 9.17) is 0 Å². The Balaban J connectivity index is 0.000000377. The Morgan fingerprint density at radius 3 is 2.13 bits per heavy atom. The summed E-state index contributed by atoms with van der Waals surface area (Å²) >= 11 is 0. The molecule has 0 fully saturated rings. The van der Waals surface area contributed by atoms with E-state index in [9.17, 15) is 10.1 Å². The van der Waals surface area contributed by atoms with Gasteiger partial charge < -0.3 is 0 Å². The van der Waals surface area contributed by atoms with Crippen molar-refractivity contribution in [2.45, 2.75) is 0 Å². The molecule has 0 heterocycles. The molecule has 3 aromatic carbocycles. The van der Waals surface area contributed by atoms with E-state index in [1.807, 2.05) is 60.7 Å². The predicted octanol–water partition coefficient (Wildman–Crippen LogP) is 5.04. The molecule has 116 valence electrons. The predicted molar refractivity (Wildman–Crippen MR) is 89.6 cm³/mol. The third-order valence-corrected chi connectivity index (χ3v) is 2.85. The molecule has 0 aliphatic carbocycles. The molecule has 0 aromatic heterocycles. The first-order valence-electron chi connectivity index (χ1n) is 6.81. The van der Waals surface area contributed by atoms with E-state index in [0.29, 0.717) is 0 Å². The molecule has 3 aromatic rings. The topological polar surface area (TPSA) is 43.1 Å². The SMILES string of the molecule is O=[N+]([O-])c1ccc(C=C=Cc2ccc[cH-]2)cc1.[Fe+2].c1cc[cH-]c1. The van der Waals surface area contributed by atoms with Gasteiger partial charge in [-0.2, -0.15) is 42.1 Å². The summed E-state index contributed by atoms with van der Waals surface area (Å²) in [5.74, 6) is 0. The van der Waals surface area contributed by atoms with Crippen LogP contribution in [0.15, 0.2) is 84.6 Å². The second-order valence-electron chi connectivity index (χ2n) is 4.48. The van der Waals surface area contributed by atoms with Crippen molar-refractivity contribution in [3.8, 4) is 0 Å². The molecule has 3 nitrogen and oxygen atoms in total. The molecule has 0 radical (unpaired) electrons. The van der Waals surface area contributed by atoms with Gasteiger partial charge in [0.25, 0.3) is 5.69 Å². The van der Waals surface area contributed by atoms with Gasteiger partial charge in [-0.3, -0.25) is 10.1 Å². The van der Waals surface area contributed by atoms with Gasteiger partial charge in [-0.05, 0) is 23.8 Å². The van der Waals surface area contributed by atoms with Crippen molar-refractivity contribution in [2.75, 3.05) is 0 Å². The fourth-order valence-corrected chi connectivity index (χ4v) is 1.73. The number of nitrogens with zero attached hydrogens (tertiary/aromatic N) is 1. The van der Waals surface area contributed by atoms with E-state index in [0.717, 1.165) is 11.1 Å². The van der Waals surface area contributed by atoms with Crippen molar-refractivity contribution < 1.29 is 22.0 Å². The van der Waals surface area contributed by atoms with E-state index < -0.39 is 4.92 Å². The van der Waals surface area contributed by atoms with Crippen LogP contribution in [0.2, 0.25) is 0 Å². The molecule has 0 unspecified atom stereocenters. The van der Waals surface area contributed by atoms with Crippen molar-refractivity contribution in [3.63, 3.8) is 0 Å². The smallest absolute Gasteiger partial charge is 0.258 e. The molecule has 3 rings (SSSR count). The summed E-state index contributed by atoms with van der Waals surface area (Å²) in [6.45, 7) is 0. The molecule has 0 amide bonds. The summed E-state index contributed by atoms with van der Waals surface area (Å²) < 4.78 is 0. The molecule has 0 bridgehead atoms. The zero-order valence-electron chi connectivity index (χ0n) is 12.3. The molecule has 0 aliphatic heterocycles. The molecular weight excluding hydrogens is 330 g/mol. The van der Waals surface area contributed by atoms with Crippen LogP contribution in [0.25, 0.3) is 12.2 Å². The van der Waals surface area contributed by atoms with Crippen molar-refractivity contribution in [2.24, 2.45) is 0 Å². The minimum Gasteiger partial charge on any atom is -0.258 e. The maximum Gasteiger partial charge on any atom is 2.00 e. The third-order valence-electron chi connectivity index (χ3n) is 2.85. The Labute approximate surface area is 145 Å². The average molecular weight is 345 g/mol. The van der Waals surface area contributed by atoms with Crippen molar-refractivity contribution in [1.29, 1.82) is 0 Å². The molecule has 4 heteroatoms. The Hall–Kier alpha value is -2.64. The zero-order chi connectivity index (χ0) is 15.6. The number of nitro groups is 1. The number of hydrogen-bond donors (Lipinski definition) is 0. The fraction of sp³-hybridized carbons (Fsp3) is 0. The van der Waals surface area contributed by atoms with Crippen LogP contribution in [0.3, 0.4) is 0 Å². The van der Waals surface area contributed by atoms with Gasteiger partial charge in [-0.15, -0.1) is 11.6 Å². The molecule has 0 atom stereocenters. The number of non-ortho nitro benzene ring substituents is 1. The van der Waals surface area contributed by atoms with Gasteiger partial charge in [0.15, 0.2) is 0 Å². The first-order valence-corrected chi connectivity index (χ1v) is 6.81. The van der Waals surface area contributed by atoms with Crippen LogP contribution in [0.4, 0.5) is 5.69 Å². The number of hydrogen-bond acceptors (Lipinski definition) is 2. The molecule has 0 N–H and O–H groups in total. The fourth-order valence-electron chi connectivity index (χ4n) is 1.73. The maximum atomic E-state index is 10.5. The Morgan fingerprint density at radius 2 is 1.65 bits per heavy atom. The zero-order valence-corrected chi connectivity index (χ0v) is 13.4. The Kier molecular flexibility index (Phi) is 8.12. The van der Waals surface area contributed by atoms with Gasteiger partial charge in [-0.25, -0.2) is 12.1 Å². The van der Waals surface area contributed by atoms with Crippen LogP contribution in [-0.4, -0.2) is 4.92 Å². The summed E-state index contributed by atoms with van der Waals surface area (Å²) in [6, 6.07) is 24.2. The van der Waals surface area contributed by atoms with Crippen molar-refractivity contribution >= 4 is 17.8 Å². The summed E-state index contributed by atoms with van der Waals surface area (Å²) in [5.41, 5.74) is 5.11. The first kappa shape index (κ1) is 18.4. The van der Waals surface area contributed by atoms with E-state index in [1.165, 1.54) is 12.1 Å². The van der Waals surface area contributed by atoms with Gasteiger partial charge in [0.1, 0.15) is 0 Å². The standard InChI is InChI=1S/C14H10NO2.C5H5.Fe/c16-15(17)14-10-8-13(9-11-14)7-3-6-12-4-1-2-5-12;1-2-4-5-3-1;/h1-2,4-11H;1-5H;/q2*-1;+2. The van der Waals surface area contributed by atoms with Crippen molar-refractivity contribution in [3.05, 3.63) is 106 Å². The molecule has 0 aliphatic rings. The Morgan fingerprint density at radius 1 is 0.957 bits per heavy atom. The summed E-state index contributed by atoms with van der Waals surface area (Å²) in [6.07, 6.45) is 3.65. The largest absolute Gasteiger partial charge is 2.00 e. The normalized spacial score (nSPS) is 8.70. The van der Waals surface area contributed by atoms with E-state index in [2.05, 4.69) is 5.73 Å². The Bertz CT molecular complexity index is 718. The molecular formula is C19H15FeNO2. The van der Waals surface area contributed by atoms with Crippen molar-refractivity contribution in [1.82, 2.24) is 0 Å². The van der Waals surface area contributed by atoms with Crippen LogP contribution in [0, 0.1) is 10.1 Å². The minimum atomic E-state index is -0.409. The molecule has 0 spiro atoms. The number of rotatable bonds is 3. The third kappa shape index (κ3) is 6.77. The summed E-state index contributed by atoms with van der Waals surface area (Å²) in [4.78, 5) is 10.0. The summed E-state index contributed by atoms with van der Waals surface area (Å²) in [7, 11) is 0. The van der Waals surface area contributed by atoms with E-state index in [-0.39, 0.29) is 22.8 Å². The minimum absolute atomic E-state index is 0. The monoisotopic (exact) mass is 345 g/mol. The second kappa shape index (κ2) is 10.1. The van der Waals surface area contributed by atoms with Crippen LogP contribution in [0.1, 0.15) is 11.1 Å². The quantitative estimate of drug-likeness (QED) is 0.219. The van der Waals surface area contributed by atoms with E-state index in [1.54, 1.807) is 18.2 Å². The summed E-state index contributed by atoms with van der Waals surface area (Å²) in [5, 5.41) is 10.5. The van der Waals surface area contributed by atoms with Crippen LogP contribution >= 0.6 is 0 Å². The van der Waals surface area contributed by atoms with Gasteiger partial charge in [0, 0.05) is 12.1 Å². The first-order chi connectivity index (χ1) is 10.8. The van der Waals surface area contributed by atoms with Gasteiger partial charge in [0.2, 0.25) is 0 Å². The van der Waals surface area contributed by atoms with Crippen LogP contribution < -0.4 is 0 Å². The molecule has 23 heavy (non-hydrogen) atoms.